The number of ether oxygens (including phenoxy) is 2. The van der Waals surface area contributed by atoms with E-state index in [9.17, 15) is 0 Å². The molecule has 0 aromatic rings. The second-order valence-corrected chi connectivity index (χ2v) is 4.03. The lowest BCUT2D eigenvalue weighted by Gasteiger charge is -2.31. The minimum absolute atomic E-state index is 0.284. The van der Waals surface area contributed by atoms with Gasteiger partial charge in [-0.3, -0.25) is 0 Å². The van der Waals surface area contributed by atoms with Crippen molar-refractivity contribution in [1.82, 2.24) is 0 Å². The van der Waals surface area contributed by atoms with Crippen LogP contribution in [-0.2, 0) is 9.47 Å². The summed E-state index contributed by atoms with van der Waals surface area (Å²) < 4.78 is 11.1. The standard InChI is InChI=1S/C9H17NO2/c10-5-8-4-9(7-12-8)2-1-3-11-6-9/h8H,1-7,10H2. The molecule has 2 aliphatic rings. The maximum absolute atomic E-state index is 5.59. The lowest BCUT2D eigenvalue weighted by Crippen LogP contribution is -2.32. The van der Waals surface area contributed by atoms with Gasteiger partial charge in [-0.25, -0.2) is 0 Å². The Labute approximate surface area is 73.2 Å². The van der Waals surface area contributed by atoms with E-state index in [0.29, 0.717) is 12.0 Å². The molecule has 3 heteroatoms. The molecule has 2 unspecified atom stereocenters. The molecule has 0 amide bonds. The second-order valence-electron chi connectivity index (χ2n) is 4.03. The van der Waals surface area contributed by atoms with E-state index in [4.69, 9.17) is 15.2 Å². The summed E-state index contributed by atoms with van der Waals surface area (Å²) in [7, 11) is 0. The number of hydrogen-bond donors (Lipinski definition) is 1. The highest BCUT2D eigenvalue weighted by molar-refractivity contribution is 4.89. The van der Waals surface area contributed by atoms with Gasteiger partial charge in [0.1, 0.15) is 0 Å². The molecule has 12 heavy (non-hydrogen) atoms. The average molecular weight is 171 g/mol. The van der Waals surface area contributed by atoms with Crippen LogP contribution in [0.3, 0.4) is 0 Å². The first-order chi connectivity index (χ1) is 5.85. The van der Waals surface area contributed by atoms with Crippen molar-refractivity contribution in [2.24, 2.45) is 11.1 Å². The quantitative estimate of drug-likeness (QED) is 0.626. The SMILES string of the molecule is NCC1CC2(CCCOC2)CO1. The van der Waals surface area contributed by atoms with Gasteiger partial charge in [-0.05, 0) is 19.3 Å². The molecular weight excluding hydrogens is 154 g/mol. The van der Waals surface area contributed by atoms with E-state index in [1.54, 1.807) is 0 Å². The minimum atomic E-state index is 0.284. The monoisotopic (exact) mass is 171 g/mol. The van der Waals surface area contributed by atoms with E-state index < -0.39 is 0 Å². The van der Waals surface area contributed by atoms with Crippen LogP contribution >= 0.6 is 0 Å². The van der Waals surface area contributed by atoms with Crippen LogP contribution < -0.4 is 5.73 Å². The maximum Gasteiger partial charge on any atom is 0.0704 e. The normalized spacial score (nSPS) is 42.2. The molecule has 0 aromatic heterocycles. The van der Waals surface area contributed by atoms with Crippen LogP contribution in [0, 0.1) is 5.41 Å². The number of hydrogen-bond acceptors (Lipinski definition) is 3. The summed E-state index contributed by atoms with van der Waals surface area (Å²) in [6.07, 6.45) is 3.82. The summed E-state index contributed by atoms with van der Waals surface area (Å²) in [5.41, 5.74) is 5.88. The highest BCUT2D eigenvalue weighted by Gasteiger charge is 2.40. The van der Waals surface area contributed by atoms with Gasteiger partial charge in [0.05, 0.1) is 19.3 Å². The fourth-order valence-electron chi connectivity index (χ4n) is 2.23. The van der Waals surface area contributed by atoms with Crippen molar-refractivity contribution in [2.45, 2.75) is 25.4 Å². The molecule has 0 radical (unpaired) electrons. The molecule has 3 nitrogen and oxygen atoms in total. The van der Waals surface area contributed by atoms with Gasteiger partial charge in [0.2, 0.25) is 0 Å². The summed E-state index contributed by atoms with van der Waals surface area (Å²) in [4.78, 5) is 0. The zero-order valence-electron chi connectivity index (χ0n) is 7.42. The van der Waals surface area contributed by atoms with E-state index in [1.165, 1.54) is 12.8 Å². The predicted molar refractivity (Wildman–Crippen MR) is 45.9 cm³/mol. The Balaban J connectivity index is 1.94. The lowest BCUT2D eigenvalue weighted by molar-refractivity contribution is -0.0135. The molecule has 0 aromatic carbocycles. The van der Waals surface area contributed by atoms with Crippen LogP contribution in [0.4, 0.5) is 0 Å². The molecular formula is C9H17NO2. The first-order valence-corrected chi connectivity index (χ1v) is 4.74. The molecule has 2 aliphatic heterocycles. The number of rotatable bonds is 1. The van der Waals surface area contributed by atoms with Gasteiger partial charge in [-0.1, -0.05) is 0 Å². The molecule has 2 heterocycles. The minimum Gasteiger partial charge on any atom is -0.381 e. The van der Waals surface area contributed by atoms with Crippen LogP contribution in [0.2, 0.25) is 0 Å². The largest absolute Gasteiger partial charge is 0.381 e. The highest BCUT2D eigenvalue weighted by atomic mass is 16.5. The molecule has 70 valence electrons. The molecule has 2 fully saturated rings. The van der Waals surface area contributed by atoms with Gasteiger partial charge in [0.25, 0.3) is 0 Å². The smallest absolute Gasteiger partial charge is 0.0704 e. The summed E-state index contributed by atoms with van der Waals surface area (Å²) in [6.45, 7) is 3.31. The van der Waals surface area contributed by atoms with Gasteiger partial charge in [0, 0.05) is 18.6 Å². The van der Waals surface area contributed by atoms with Gasteiger partial charge in [0.15, 0.2) is 0 Å². The van der Waals surface area contributed by atoms with E-state index in [0.717, 1.165) is 26.2 Å². The topological polar surface area (TPSA) is 44.5 Å². The van der Waals surface area contributed by atoms with Crippen LogP contribution in [0.1, 0.15) is 19.3 Å². The molecule has 0 bridgehead atoms. The van der Waals surface area contributed by atoms with Gasteiger partial charge >= 0.3 is 0 Å². The van der Waals surface area contributed by atoms with E-state index in [1.807, 2.05) is 0 Å². The Hall–Kier alpha value is -0.120. The summed E-state index contributed by atoms with van der Waals surface area (Å²) in [5.74, 6) is 0. The number of nitrogens with two attached hydrogens (primary N) is 1. The lowest BCUT2D eigenvalue weighted by atomic mass is 9.80. The predicted octanol–water partition coefficient (Wildman–Crippen LogP) is 0.531. The van der Waals surface area contributed by atoms with Crippen molar-refractivity contribution in [2.75, 3.05) is 26.4 Å². The average Bonchev–Trinajstić information content (AvgIpc) is 2.50. The summed E-state index contributed by atoms with van der Waals surface area (Å²) >= 11 is 0. The summed E-state index contributed by atoms with van der Waals surface area (Å²) in [5, 5.41) is 0. The third-order valence-electron chi connectivity index (χ3n) is 2.95. The first kappa shape index (κ1) is 8.48. The van der Waals surface area contributed by atoms with Crippen LogP contribution in [-0.4, -0.2) is 32.5 Å². The fourth-order valence-corrected chi connectivity index (χ4v) is 2.23. The molecule has 0 aliphatic carbocycles. The van der Waals surface area contributed by atoms with Crippen LogP contribution in [0.25, 0.3) is 0 Å². The van der Waals surface area contributed by atoms with Gasteiger partial charge < -0.3 is 15.2 Å². The Bertz CT molecular complexity index is 155. The third kappa shape index (κ3) is 1.49. The fraction of sp³-hybridized carbons (Fsp3) is 1.00. The second kappa shape index (κ2) is 3.32. The van der Waals surface area contributed by atoms with Crippen molar-refractivity contribution in [3.63, 3.8) is 0 Å². The molecule has 2 N–H and O–H groups in total. The third-order valence-corrected chi connectivity index (χ3v) is 2.95. The molecule has 1 spiro atoms. The molecule has 2 atom stereocenters. The molecule has 0 saturated carbocycles. The van der Waals surface area contributed by atoms with Crippen molar-refractivity contribution in [3.05, 3.63) is 0 Å². The van der Waals surface area contributed by atoms with E-state index in [-0.39, 0.29) is 6.10 Å². The zero-order valence-corrected chi connectivity index (χ0v) is 7.42. The van der Waals surface area contributed by atoms with Crippen LogP contribution in [0.15, 0.2) is 0 Å². The Morgan fingerprint density at radius 2 is 2.33 bits per heavy atom. The first-order valence-electron chi connectivity index (χ1n) is 4.74. The van der Waals surface area contributed by atoms with E-state index >= 15 is 0 Å². The van der Waals surface area contributed by atoms with Crippen LogP contribution in [0.5, 0.6) is 0 Å². The van der Waals surface area contributed by atoms with Crippen molar-refractivity contribution in [1.29, 1.82) is 0 Å². The zero-order chi connectivity index (χ0) is 8.44. The van der Waals surface area contributed by atoms with Crippen molar-refractivity contribution < 1.29 is 9.47 Å². The summed E-state index contributed by atoms with van der Waals surface area (Å²) in [6, 6.07) is 0. The molecule has 2 rings (SSSR count). The Morgan fingerprint density at radius 1 is 1.42 bits per heavy atom. The Kier molecular flexibility index (Phi) is 2.35. The molecule has 2 saturated heterocycles. The highest BCUT2D eigenvalue weighted by Crippen LogP contribution is 2.39. The Morgan fingerprint density at radius 3 is 2.92 bits per heavy atom. The van der Waals surface area contributed by atoms with Crippen molar-refractivity contribution in [3.8, 4) is 0 Å². The maximum atomic E-state index is 5.59. The van der Waals surface area contributed by atoms with E-state index in [2.05, 4.69) is 0 Å². The van der Waals surface area contributed by atoms with Crippen molar-refractivity contribution >= 4 is 0 Å². The van der Waals surface area contributed by atoms with Gasteiger partial charge in [-0.15, -0.1) is 0 Å². The van der Waals surface area contributed by atoms with Gasteiger partial charge in [-0.2, -0.15) is 0 Å².